The largest absolute Gasteiger partial charge is 0.481 e. The molecule has 0 aromatic heterocycles. The van der Waals surface area contributed by atoms with Crippen LogP contribution in [0.4, 0.5) is 0 Å². The number of fused-ring (bicyclic) bond motifs is 2. The van der Waals surface area contributed by atoms with Crippen molar-refractivity contribution in [3.8, 4) is 5.75 Å². The third-order valence-corrected chi connectivity index (χ3v) is 5.20. The highest BCUT2D eigenvalue weighted by atomic mass is 35.5. The van der Waals surface area contributed by atoms with Crippen LogP contribution < -0.4 is 10.1 Å². The van der Waals surface area contributed by atoms with Gasteiger partial charge in [0.15, 0.2) is 6.10 Å². The molecule has 3 rings (SSSR count). The van der Waals surface area contributed by atoms with Gasteiger partial charge in [0.05, 0.1) is 10.0 Å². The van der Waals surface area contributed by atoms with Gasteiger partial charge >= 0.3 is 0 Å². The first-order valence-electron chi connectivity index (χ1n) is 7.71. The zero-order valence-electron chi connectivity index (χ0n) is 12.9. The Kier molecular flexibility index (Phi) is 6.43. The normalized spacial score (nSPS) is 24.6. The van der Waals surface area contributed by atoms with Gasteiger partial charge in [0, 0.05) is 24.7 Å². The molecule has 128 valence electrons. The number of carbonyl (C=O) groups is 1. The third kappa shape index (κ3) is 4.05. The molecule has 0 saturated carbocycles. The lowest BCUT2D eigenvalue weighted by atomic mass is 10.1. The van der Waals surface area contributed by atoms with Crippen molar-refractivity contribution in [1.82, 2.24) is 10.2 Å². The molecule has 1 N–H and O–H groups in total. The molecule has 2 heterocycles. The molecule has 0 radical (unpaired) electrons. The SMILES string of the molecule is CC(Oc1ccc(Cl)c(Cl)c1)C(=O)N1C2CCNCC1CC2.Cl. The summed E-state index contributed by atoms with van der Waals surface area (Å²) in [6.07, 6.45) is 2.65. The van der Waals surface area contributed by atoms with Crippen LogP contribution >= 0.6 is 35.6 Å². The minimum Gasteiger partial charge on any atom is -0.481 e. The number of carbonyl (C=O) groups excluding carboxylic acids is 1. The van der Waals surface area contributed by atoms with Crippen LogP contribution in [-0.2, 0) is 4.79 Å². The van der Waals surface area contributed by atoms with Crippen molar-refractivity contribution < 1.29 is 9.53 Å². The Morgan fingerprint density at radius 1 is 1.26 bits per heavy atom. The van der Waals surface area contributed by atoms with E-state index in [-0.39, 0.29) is 18.3 Å². The van der Waals surface area contributed by atoms with Crippen molar-refractivity contribution in [3.05, 3.63) is 28.2 Å². The minimum absolute atomic E-state index is 0. The molecule has 2 bridgehead atoms. The lowest BCUT2D eigenvalue weighted by Gasteiger charge is -2.30. The molecule has 23 heavy (non-hydrogen) atoms. The summed E-state index contributed by atoms with van der Waals surface area (Å²) >= 11 is 11.9. The van der Waals surface area contributed by atoms with Crippen LogP contribution in [0.2, 0.25) is 10.0 Å². The summed E-state index contributed by atoms with van der Waals surface area (Å²) in [5.74, 6) is 0.623. The van der Waals surface area contributed by atoms with E-state index in [9.17, 15) is 4.79 Å². The number of halogens is 3. The van der Waals surface area contributed by atoms with Gasteiger partial charge in [-0.15, -0.1) is 12.4 Å². The van der Waals surface area contributed by atoms with E-state index in [4.69, 9.17) is 27.9 Å². The van der Waals surface area contributed by atoms with Gasteiger partial charge in [-0.1, -0.05) is 23.2 Å². The molecule has 7 heteroatoms. The standard InChI is InChI=1S/C16H20Cl2N2O2.ClH/c1-10(22-13-4-5-14(17)15(18)8-13)16(21)20-11-2-3-12(20)9-19-7-6-11;/h4-5,8,10-12,19H,2-3,6-7,9H2,1H3;1H. The predicted octanol–water partition coefficient (Wildman–Crippen LogP) is 3.54. The topological polar surface area (TPSA) is 41.6 Å². The van der Waals surface area contributed by atoms with Crippen LogP contribution in [0.25, 0.3) is 0 Å². The lowest BCUT2D eigenvalue weighted by Crippen LogP contribution is -2.48. The van der Waals surface area contributed by atoms with E-state index < -0.39 is 6.10 Å². The molecule has 1 aromatic rings. The van der Waals surface area contributed by atoms with Crippen LogP contribution in [0.15, 0.2) is 18.2 Å². The fourth-order valence-corrected chi connectivity index (χ4v) is 3.64. The number of ether oxygens (including phenoxy) is 1. The molecular weight excluding hydrogens is 359 g/mol. The van der Waals surface area contributed by atoms with Crippen LogP contribution in [0.5, 0.6) is 5.75 Å². The summed E-state index contributed by atoms with van der Waals surface area (Å²) in [4.78, 5) is 14.8. The second kappa shape index (κ2) is 7.93. The Labute approximate surface area is 152 Å². The van der Waals surface area contributed by atoms with Gasteiger partial charge < -0.3 is 15.0 Å². The molecule has 2 aliphatic heterocycles. The zero-order chi connectivity index (χ0) is 15.7. The molecule has 2 fully saturated rings. The van der Waals surface area contributed by atoms with Gasteiger partial charge in [-0.3, -0.25) is 4.79 Å². The smallest absolute Gasteiger partial charge is 0.263 e. The average Bonchev–Trinajstić information content (AvgIpc) is 2.75. The molecule has 4 nitrogen and oxygen atoms in total. The van der Waals surface area contributed by atoms with Crippen molar-refractivity contribution >= 4 is 41.5 Å². The molecular formula is C16H21Cl3N2O2. The van der Waals surface area contributed by atoms with Gasteiger partial charge in [0.25, 0.3) is 5.91 Å². The fraction of sp³-hybridized carbons (Fsp3) is 0.562. The van der Waals surface area contributed by atoms with Gasteiger partial charge in [-0.25, -0.2) is 0 Å². The number of nitrogens with zero attached hydrogens (tertiary/aromatic N) is 1. The summed E-state index contributed by atoms with van der Waals surface area (Å²) in [5, 5.41) is 4.30. The van der Waals surface area contributed by atoms with E-state index in [2.05, 4.69) is 5.32 Å². The monoisotopic (exact) mass is 378 g/mol. The first-order chi connectivity index (χ1) is 10.6. The van der Waals surface area contributed by atoms with Crippen LogP contribution in [-0.4, -0.2) is 42.1 Å². The molecule has 2 saturated heterocycles. The first kappa shape index (κ1) is 18.7. The summed E-state index contributed by atoms with van der Waals surface area (Å²) in [7, 11) is 0. The van der Waals surface area contributed by atoms with Crippen molar-refractivity contribution in [2.24, 2.45) is 0 Å². The number of hydrogen-bond donors (Lipinski definition) is 1. The van der Waals surface area contributed by atoms with Crippen molar-refractivity contribution in [1.29, 1.82) is 0 Å². The minimum atomic E-state index is -0.529. The fourth-order valence-electron chi connectivity index (χ4n) is 3.36. The highest BCUT2D eigenvalue weighted by Gasteiger charge is 2.40. The quantitative estimate of drug-likeness (QED) is 0.873. The van der Waals surface area contributed by atoms with E-state index >= 15 is 0 Å². The Hall–Kier alpha value is -0.680. The first-order valence-corrected chi connectivity index (χ1v) is 8.46. The molecule has 3 unspecified atom stereocenters. The Morgan fingerprint density at radius 3 is 2.74 bits per heavy atom. The van der Waals surface area contributed by atoms with Crippen LogP contribution in [0.1, 0.15) is 26.2 Å². The van der Waals surface area contributed by atoms with Crippen molar-refractivity contribution in [3.63, 3.8) is 0 Å². The van der Waals surface area contributed by atoms with Gasteiger partial charge in [0.2, 0.25) is 0 Å². The number of amides is 1. The van der Waals surface area contributed by atoms with Gasteiger partial charge in [-0.05, 0) is 44.9 Å². The summed E-state index contributed by atoms with van der Waals surface area (Å²) < 4.78 is 5.78. The van der Waals surface area contributed by atoms with E-state index in [1.807, 2.05) is 4.90 Å². The number of benzene rings is 1. The van der Waals surface area contributed by atoms with E-state index in [1.165, 1.54) is 0 Å². The second-order valence-corrected chi connectivity index (χ2v) is 6.77. The Bertz CT molecular complexity index is 556. The van der Waals surface area contributed by atoms with Crippen LogP contribution in [0, 0.1) is 0 Å². The third-order valence-electron chi connectivity index (χ3n) is 4.46. The van der Waals surface area contributed by atoms with Gasteiger partial charge in [0.1, 0.15) is 5.75 Å². The Morgan fingerprint density at radius 2 is 2.00 bits per heavy atom. The summed E-state index contributed by atoms with van der Waals surface area (Å²) in [5.41, 5.74) is 0. The van der Waals surface area contributed by atoms with Crippen molar-refractivity contribution in [2.45, 2.75) is 44.4 Å². The maximum atomic E-state index is 12.8. The summed E-state index contributed by atoms with van der Waals surface area (Å²) in [6.45, 7) is 3.65. The second-order valence-electron chi connectivity index (χ2n) is 5.96. The number of nitrogens with one attached hydrogen (secondary N) is 1. The predicted molar refractivity (Wildman–Crippen MR) is 94.9 cm³/mol. The average molecular weight is 380 g/mol. The molecule has 3 atom stereocenters. The highest BCUT2D eigenvalue weighted by molar-refractivity contribution is 6.42. The van der Waals surface area contributed by atoms with E-state index in [0.29, 0.717) is 27.9 Å². The molecule has 1 aromatic carbocycles. The lowest BCUT2D eigenvalue weighted by molar-refractivity contribution is -0.140. The number of rotatable bonds is 3. The zero-order valence-corrected chi connectivity index (χ0v) is 15.3. The molecule has 0 spiro atoms. The number of hydrogen-bond acceptors (Lipinski definition) is 3. The van der Waals surface area contributed by atoms with Gasteiger partial charge in [-0.2, -0.15) is 0 Å². The molecule has 2 aliphatic rings. The molecule has 0 aliphatic carbocycles. The highest BCUT2D eigenvalue weighted by Crippen LogP contribution is 2.30. The maximum Gasteiger partial charge on any atom is 0.263 e. The van der Waals surface area contributed by atoms with Crippen LogP contribution in [0.3, 0.4) is 0 Å². The summed E-state index contributed by atoms with van der Waals surface area (Å²) in [6, 6.07) is 5.69. The Balaban J connectivity index is 0.00000192. The van der Waals surface area contributed by atoms with E-state index in [1.54, 1.807) is 25.1 Å². The van der Waals surface area contributed by atoms with Crippen molar-refractivity contribution in [2.75, 3.05) is 13.1 Å². The molecule has 1 amide bonds. The van der Waals surface area contributed by atoms with E-state index in [0.717, 1.165) is 32.4 Å². The maximum absolute atomic E-state index is 12.8.